The van der Waals surface area contributed by atoms with Gasteiger partial charge in [0, 0.05) is 24.7 Å². The van der Waals surface area contributed by atoms with Crippen LogP contribution in [-0.4, -0.2) is 36.9 Å². The summed E-state index contributed by atoms with van der Waals surface area (Å²) in [6.07, 6.45) is 6.39. The summed E-state index contributed by atoms with van der Waals surface area (Å²) < 4.78 is 32.3. The summed E-state index contributed by atoms with van der Waals surface area (Å²) in [5.41, 5.74) is 2.03. The predicted molar refractivity (Wildman–Crippen MR) is 98.6 cm³/mol. The number of benzene rings is 1. The molecule has 2 aromatic rings. The van der Waals surface area contributed by atoms with Crippen LogP contribution in [0.5, 0.6) is 5.75 Å². The van der Waals surface area contributed by atoms with Crippen LogP contribution in [0.3, 0.4) is 0 Å². The average molecular weight is 358 g/mol. The van der Waals surface area contributed by atoms with Gasteiger partial charge in [-0.2, -0.15) is 4.31 Å². The smallest absolute Gasteiger partial charge is 0.236 e. The zero-order valence-electron chi connectivity index (χ0n) is 14.2. The molecule has 0 unspecified atom stereocenters. The Labute approximate surface area is 149 Å². The van der Waals surface area contributed by atoms with E-state index in [0.29, 0.717) is 25.9 Å². The van der Waals surface area contributed by atoms with Gasteiger partial charge in [-0.05, 0) is 43.5 Å². The van der Waals surface area contributed by atoms with Gasteiger partial charge >= 0.3 is 0 Å². The van der Waals surface area contributed by atoms with Gasteiger partial charge in [0.25, 0.3) is 0 Å². The molecular formula is C19H22N2O3S. The summed E-state index contributed by atoms with van der Waals surface area (Å²) in [5.74, 6) is 0.725. The third kappa shape index (κ3) is 4.90. The fourth-order valence-corrected chi connectivity index (χ4v) is 3.96. The molecule has 0 atom stereocenters. The van der Waals surface area contributed by atoms with Crippen molar-refractivity contribution < 1.29 is 13.2 Å². The van der Waals surface area contributed by atoms with E-state index < -0.39 is 10.0 Å². The molecule has 6 heteroatoms. The van der Waals surface area contributed by atoms with Crippen LogP contribution in [0.2, 0.25) is 0 Å². The fraction of sp³-hybridized carbons (Fsp3) is 0.316. The van der Waals surface area contributed by atoms with Crippen molar-refractivity contribution in [3.8, 4) is 5.75 Å². The van der Waals surface area contributed by atoms with Crippen molar-refractivity contribution in [2.75, 3.05) is 13.1 Å². The minimum atomic E-state index is -3.40. The molecule has 0 saturated carbocycles. The van der Waals surface area contributed by atoms with Gasteiger partial charge in [0.1, 0.15) is 11.9 Å². The lowest BCUT2D eigenvalue weighted by molar-refractivity contribution is 0.135. The average Bonchev–Trinajstić information content (AvgIpc) is 2.63. The van der Waals surface area contributed by atoms with Gasteiger partial charge in [0.15, 0.2) is 0 Å². The Bertz CT molecular complexity index is 810. The summed E-state index contributed by atoms with van der Waals surface area (Å²) in [4.78, 5) is 4.02. The lowest BCUT2D eigenvalue weighted by atomic mass is 10.1. The van der Waals surface area contributed by atoms with Crippen molar-refractivity contribution in [1.82, 2.24) is 9.29 Å². The third-order valence-corrected chi connectivity index (χ3v) is 5.77. The third-order valence-electron chi connectivity index (χ3n) is 4.21. The molecule has 2 heterocycles. The molecule has 0 spiro atoms. The number of aromatic nitrogens is 1. The van der Waals surface area contributed by atoms with Gasteiger partial charge in [0.05, 0.1) is 6.20 Å². The molecule has 1 fully saturated rings. The predicted octanol–water partition coefficient (Wildman–Crippen LogP) is 3.23. The normalized spacial score (nSPS) is 17.0. The lowest BCUT2D eigenvalue weighted by Gasteiger charge is -2.30. The van der Waals surface area contributed by atoms with Gasteiger partial charge < -0.3 is 4.74 Å². The van der Waals surface area contributed by atoms with E-state index in [4.69, 9.17) is 4.74 Å². The van der Waals surface area contributed by atoms with Gasteiger partial charge in [-0.1, -0.05) is 29.8 Å². The monoisotopic (exact) mass is 358 g/mol. The maximum atomic E-state index is 12.5. The summed E-state index contributed by atoms with van der Waals surface area (Å²) in [6, 6.07) is 11.4. The molecule has 5 nitrogen and oxygen atoms in total. The van der Waals surface area contributed by atoms with Crippen molar-refractivity contribution in [3.05, 3.63) is 65.3 Å². The fourth-order valence-electron chi connectivity index (χ4n) is 2.74. The zero-order chi connectivity index (χ0) is 17.7. The Morgan fingerprint density at radius 3 is 2.52 bits per heavy atom. The molecule has 132 valence electrons. The quantitative estimate of drug-likeness (QED) is 0.823. The van der Waals surface area contributed by atoms with E-state index >= 15 is 0 Å². The van der Waals surface area contributed by atoms with Crippen molar-refractivity contribution >= 4 is 16.1 Å². The van der Waals surface area contributed by atoms with Crippen molar-refractivity contribution in [2.24, 2.45) is 0 Å². The molecule has 0 radical (unpaired) electrons. The SMILES string of the molecule is Cc1ccc(/C=C/S(=O)(=O)N2CCC(Oc3cccnc3)CC2)cc1. The number of sulfonamides is 1. The summed E-state index contributed by atoms with van der Waals surface area (Å²) in [6.45, 7) is 2.93. The van der Waals surface area contributed by atoms with Gasteiger partial charge in [-0.3, -0.25) is 4.98 Å². The maximum Gasteiger partial charge on any atom is 0.236 e. The molecule has 1 aliphatic heterocycles. The number of rotatable bonds is 5. The van der Waals surface area contributed by atoms with Crippen molar-refractivity contribution in [3.63, 3.8) is 0 Å². The number of ether oxygens (including phenoxy) is 1. The van der Waals surface area contributed by atoms with Crippen LogP contribution in [0.4, 0.5) is 0 Å². The van der Waals surface area contributed by atoms with Crippen molar-refractivity contribution in [1.29, 1.82) is 0 Å². The van der Waals surface area contributed by atoms with Gasteiger partial charge in [0.2, 0.25) is 10.0 Å². The first-order chi connectivity index (χ1) is 12.0. The molecule has 1 aliphatic rings. The Kier molecular flexibility index (Phi) is 5.50. The van der Waals surface area contributed by atoms with Crippen LogP contribution >= 0.6 is 0 Å². The Morgan fingerprint density at radius 2 is 1.88 bits per heavy atom. The van der Waals surface area contributed by atoms with E-state index in [1.54, 1.807) is 18.5 Å². The van der Waals surface area contributed by atoms with Gasteiger partial charge in [-0.15, -0.1) is 0 Å². The molecule has 0 amide bonds. The highest BCUT2D eigenvalue weighted by Crippen LogP contribution is 2.20. The highest BCUT2D eigenvalue weighted by Gasteiger charge is 2.27. The number of hydrogen-bond donors (Lipinski definition) is 0. The van der Waals surface area contributed by atoms with E-state index in [1.807, 2.05) is 43.3 Å². The van der Waals surface area contributed by atoms with E-state index in [0.717, 1.165) is 16.9 Å². The molecule has 0 N–H and O–H groups in total. The number of pyridine rings is 1. The van der Waals surface area contributed by atoms with Crippen LogP contribution in [0.25, 0.3) is 6.08 Å². The molecule has 1 saturated heterocycles. The standard InChI is InChI=1S/C19H22N2O3S/c1-16-4-6-17(7-5-16)10-14-25(22,23)21-12-8-18(9-13-21)24-19-3-2-11-20-15-19/h2-7,10-11,14-15,18H,8-9,12-13H2,1H3/b14-10+. The van der Waals surface area contributed by atoms with Crippen LogP contribution < -0.4 is 4.74 Å². The van der Waals surface area contributed by atoms with Crippen LogP contribution in [0, 0.1) is 6.92 Å². The molecule has 1 aromatic carbocycles. The largest absolute Gasteiger partial charge is 0.489 e. The van der Waals surface area contributed by atoms with Crippen LogP contribution in [0.1, 0.15) is 24.0 Å². The molecule has 1 aromatic heterocycles. The maximum absolute atomic E-state index is 12.5. The second kappa shape index (κ2) is 7.80. The first-order valence-electron chi connectivity index (χ1n) is 8.34. The number of nitrogens with zero attached hydrogens (tertiary/aromatic N) is 2. The van der Waals surface area contributed by atoms with E-state index in [9.17, 15) is 8.42 Å². The summed E-state index contributed by atoms with van der Waals surface area (Å²) in [7, 11) is -3.40. The molecule has 25 heavy (non-hydrogen) atoms. The lowest BCUT2D eigenvalue weighted by Crippen LogP contribution is -2.40. The van der Waals surface area contributed by atoms with Crippen LogP contribution in [-0.2, 0) is 10.0 Å². The minimum absolute atomic E-state index is 0.0247. The highest BCUT2D eigenvalue weighted by atomic mass is 32.2. The van der Waals surface area contributed by atoms with E-state index in [-0.39, 0.29) is 6.10 Å². The Hall–Kier alpha value is -2.18. The highest BCUT2D eigenvalue weighted by molar-refractivity contribution is 7.92. The summed E-state index contributed by atoms with van der Waals surface area (Å²) in [5, 5.41) is 1.29. The zero-order valence-corrected chi connectivity index (χ0v) is 15.0. The number of hydrogen-bond acceptors (Lipinski definition) is 4. The Morgan fingerprint density at radius 1 is 1.16 bits per heavy atom. The first-order valence-corrected chi connectivity index (χ1v) is 9.85. The molecule has 0 aliphatic carbocycles. The second-order valence-electron chi connectivity index (χ2n) is 6.16. The van der Waals surface area contributed by atoms with E-state index in [1.165, 1.54) is 9.71 Å². The molecular weight excluding hydrogens is 336 g/mol. The van der Waals surface area contributed by atoms with E-state index in [2.05, 4.69) is 4.98 Å². The summed E-state index contributed by atoms with van der Waals surface area (Å²) >= 11 is 0. The number of piperidine rings is 1. The topological polar surface area (TPSA) is 59.5 Å². The van der Waals surface area contributed by atoms with Gasteiger partial charge in [-0.25, -0.2) is 8.42 Å². The number of aryl methyl sites for hydroxylation is 1. The molecule has 3 rings (SSSR count). The second-order valence-corrected chi connectivity index (χ2v) is 7.98. The Balaban J connectivity index is 1.56. The molecule has 0 bridgehead atoms. The van der Waals surface area contributed by atoms with Crippen molar-refractivity contribution in [2.45, 2.75) is 25.9 Å². The minimum Gasteiger partial charge on any atom is -0.489 e. The van der Waals surface area contributed by atoms with Crippen LogP contribution in [0.15, 0.2) is 54.2 Å². The first kappa shape index (κ1) is 17.6.